The first kappa shape index (κ1) is 33.7. The third kappa shape index (κ3) is 10.5. The molecule has 42 heavy (non-hydrogen) atoms. The monoisotopic (exact) mass is 584 g/mol. The fourth-order valence-corrected chi connectivity index (χ4v) is 4.15. The Kier molecular flexibility index (Phi) is 13.9. The zero-order valence-electron chi connectivity index (χ0n) is 24.3. The van der Waals surface area contributed by atoms with Crippen molar-refractivity contribution in [3.05, 3.63) is 69.8 Å². The van der Waals surface area contributed by atoms with E-state index in [1.807, 2.05) is 57.2 Å². The summed E-state index contributed by atoms with van der Waals surface area (Å²) in [6.45, 7) is 6.04. The lowest BCUT2D eigenvalue weighted by molar-refractivity contribution is -0.757. The summed E-state index contributed by atoms with van der Waals surface area (Å²) in [4.78, 5) is 52.9. The van der Waals surface area contributed by atoms with E-state index in [4.69, 9.17) is 16.3 Å². The third-order valence-electron chi connectivity index (χ3n) is 6.43. The van der Waals surface area contributed by atoms with E-state index in [1.165, 1.54) is 0 Å². The van der Waals surface area contributed by atoms with Crippen molar-refractivity contribution in [1.29, 1.82) is 0 Å². The molecule has 0 aliphatic carbocycles. The summed E-state index contributed by atoms with van der Waals surface area (Å²) in [7, 11) is 0. The van der Waals surface area contributed by atoms with Gasteiger partial charge in [0, 0.05) is 18.5 Å². The van der Waals surface area contributed by atoms with E-state index in [1.54, 1.807) is 17.0 Å². The first-order valence-electron chi connectivity index (χ1n) is 13.8. The number of carbonyl (C=O) groups excluding carboxylic acids is 3. The second-order valence-corrected chi connectivity index (χ2v) is 9.95. The number of nitrogens with zero attached hydrogens (tertiary/aromatic N) is 4. The molecular formula is C29H40N6O7. The number of hydrazone groups is 1. The van der Waals surface area contributed by atoms with Crippen molar-refractivity contribution < 1.29 is 29.0 Å². The number of ether oxygens (including phenoxy) is 1. The molecule has 0 saturated carbocycles. The number of benzene rings is 2. The van der Waals surface area contributed by atoms with Gasteiger partial charge in [0.25, 0.3) is 5.09 Å². The van der Waals surface area contributed by atoms with Gasteiger partial charge in [0.05, 0.1) is 19.3 Å². The normalized spacial score (nSPS) is 12.0. The van der Waals surface area contributed by atoms with Gasteiger partial charge in [-0.15, -0.1) is 20.3 Å². The Labute approximate surface area is 245 Å². The van der Waals surface area contributed by atoms with Crippen molar-refractivity contribution in [3.8, 4) is 11.1 Å². The molecule has 0 aliphatic rings. The van der Waals surface area contributed by atoms with Gasteiger partial charge in [-0.05, 0) is 41.9 Å². The molecule has 4 N–H and O–H groups in total. The molecule has 1 unspecified atom stereocenters. The van der Waals surface area contributed by atoms with Gasteiger partial charge >= 0.3 is 6.09 Å². The van der Waals surface area contributed by atoms with E-state index >= 15 is 0 Å². The Morgan fingerprint density at radius 1 is 1.07 bits per heavy atom. The molecule has 0 heterocycles. The number of hydrazine groups is 1. The van der Waals surface area contributed by atoms with Crippen molar-refractivity contribution >= 4 is 24.1 Å². The zero-order valence-corrected chi connectivity index (χ0v) is 24.3. The highest BCUT2D eigenvalue weighted by Gasteiger charge is 2.26. The number of carbonyl (C=O) groups is 3. The maximum atomic E-state index is 12.9. The Morgan fingerprint density at radius 2 is 1.74 bits per heavy atom. The van der Waals surface area contributed by atoms with Crippen molar-refractivity contribution in [2.75, 3.05) is 13.2 Å². The van der Waals surface area contributed by atoms with Crippen LogP contribution in [0.25, 0.3) is 11.1 Å². The SMILES string of the molecule is CCCCC(=O)N(Cc1ccc(-c2ccccc2/C(N)=N/N(N)C(=O)OCCCCO[N+](=O)[O-])cc1)C(C=O)C(C)C. The molecule has 2 aromatic rings. The molecule has 0 fully saturated rings. The third-order valence-corrected chi connectivity index (χ3v) is 6.43. The highest BCUT2D eigenvalue weighted by atomic mass is 16.9. The Hall–Kier alpha value is -4.52. The van der Waals surface area contributed by atoms with Crippen LogP contribution in [-0.2, 0) is 25.7 Å². The van der Waals surface area contributed by atoms with Crippen molar-refractivity contribution in [3.63, 3.8) is 0 Å². The summed E-state index contributed by atoms with van der Waals surface area (Å²) in [5, 5.41) is 13.7. The van der Waals surface area contributed by atoms with E-state index in [0.29, 0.717) is 36.5 Å². The van der Waals surface area contributed by atoms with Gasteiger partial charge in [-0.25, -0.2) is 10.6 Å². The Bertz CT molecular complexity index is 1220. The number of hydrogen-bond donors (Lipinski definition) is 2. The highest BCUT2D eigenvalue weighted by Crippen LogP contribution is 2.25. The molecule has 0 aliphatic heterocycles. The number of hydrogen-bond acceptors (Lipinski definition) is 9. The van der Waals surface area contributed by atoms with Crippen LogP contribution in [-0.4, -0.2) is 58.5 Å². The minimum atomic E-state index is -0.942. The molecule has 2 aromatic carbocycles. The van der Waals surface area contributed by atoms with E-state index in [0.717, 1.165) is 35.8 Å². The second kappa shape index (κ2) is 17.3. The topological polar surface area (TPSA) is 184 Å². The van der Waals surface area contributed by atoms with Crippen molar-refractivity contribution in [2.45, 2.75) is 65.5 Å². The summed E-state index contributed by atoms with van der Waals surface area (Å²) in [5.74, 6) is 5.64. The second-order valence-electron chi connectivity index (χ2n) is 9.95. The molecule has 1 atom stereocenters. The summed E-state index contributed by atoms with van der Waals surface area (Å²) < 4.78 is 5.01. The summed E-state index contributed by atoms with van der Waals surface area (Å²) in [6, 6.07) is 14.2. The summed E-state index contributed by atoms with van der Waals surface area (Å²) in [5.41, 5.74) is 9.16. The molecule has 2 amide bonds. The van der Waals surface area contributed by atoms with Crippen LogP contribution in [0.3, 0.4) is 0 Å². The quantitative estimate of drug-likeness (QED) is 0.0405. The fourth-order valence-electron chi connectivity index (χ4n) is 4.15. The van der Waals surface area contributed by atoms with Gasteiger partial charge in [-0.3, -0.25) is 4.79 Å². The van der Waals surface area contributed by atoms with Gasteiger partial charge in [0.2, 0.25) is 5.91 Å². The largest absolute Gasteiger partial charge is 0.447 e. The van der Waals surface area contributed by atoms with Crippen LogP contribution in [0.5, 0.6) is 0 Å². The van der Waals surface area contributed by atoms with E-state index < -0.39 is 17.2 Å². The number of unbranched alkanes of at least 4 members (excludes halogenated alkanes) is 2. The van der Waals surface area contributed by atoms with Crippen LogP contribution in [0.4, 0.5) is 4.79 Å². The average molecular weight is 585 g/mol. The molecule has 228 valence electrons. The first-order valence-corrected chi connectivity index (χ1v) is 13.8. The molecular weight excluding hydrogens is 544 g/mol. The van der Waals surface area contributed by atoms with Crippen LogP contribution in [0, 0.1) is 16.0 Å². The van der Waals surface area contributed by atoms with E-state index in [-0.39, 0.29) is 30.9 Å². The van der Waals surface area contributed by atoms with Crippen LogP contribution in [0.2, 0.25) is 0 Å². The van der Waals surface area contributed by atoms with Crippen molar-refractivity contribution in [1.82, 2.24) is 10.0 Å². The predicted octanol–water partition coefficient (Wildman–Crippen LogP) is 4.02. The molecule has 0 saturated heterocycles. The predicted molar refractivity (Wildman–Crippen MR) is 157 cm³/mol. The molecule has 2 rings (SSSR count). The van der Waals surface area contributed by atoms with E-state index in [2.05, 4.69) is 9.94 Å². The van der Waals surface area contributed by atoms with Crippen LogP contribution < -0.4 is 11.6 Å². The van der Waals surface area contributed by atoms with Crippen LogP contribution >= 0.6 is 0 Å². The Morgan fingerprint density at radius 3 is 2.36 bits per heavy atom. The van der Waals surface area contributed by atoms with Gasteiger partial charge in [-0.2, -0.15) is 0 Å². The summed E-state index contributed by atoms with van der Waals surface area (Å²) in [6.07, 6.45) is 2.59. The average Bonchev–Trinajstić information content (AvgIpc) is 2.97. The Balaban J connectivity index is 2.15. The molecule has 0 spiro atoms. The zero-order chi connectivity index (χ0) is 31.1. The standard InChI is InChI=1S/C29H40N6O7/c1-4-5-12-27(37)33(26(20-36)21(2)3)19-22-13-15-23(16-14-22)24-10-6-7-11-25(24)28(30)32-34(31)29(38)41-17-8-9-18-42-35(39)40/h6-7,10-11,13-16,20-21,26H,4-5,8-9,12,17-19,31H2,1-3H3,(H2,30,32). The number of amides is 2. The molecule has 13 heteroatoms. The highest BCUT2D eigenvalue weighted by molar-refractivity contribution is 6.03. The van der Waals surface area contributed by atoms with Crippen LogP contribution in [0.1, 0.15) is 64.0 Å². The molecule has 13 nitrogen and oxygen atoms in total. The van der Waals surface area contributed by atoms with Crippen LogP contribution in [0.15, 0.2) is 53.6 Å². The molecule has 0 radical (unpaired) electrons. The minimum Gasteiger partial charge on any atom is -0.447 e. The smallest absolute Gasteiger partial charge is 0.445 e. The lowest BCUT2D eigenvalue weighted by Gasteiger charge is -2.31. The molecule has 0 bridgehead atoms. The van der Waals surface area contributed by atoms with Crippen molar-refractivity contribution in [2.24, 2.45) is 22.6 Å². The van der Waals surface area contributed by atoms with Gasteiger partial charge in [0.1, 0.15) is 6.29 Å². The maximum Gasteiger partial charge on any atom is 0.445 e. The number of amidine groups is 1. The van der Waals surface area contributed by atoms with Gasteiger partial charge in [0.15, 0.2) is 5.84 Å². The van der Waals surface area contributed by atoms with Gasteiger partial charge < -0.3 is 25.0 Å². The maximum absolute atomic E-state index is 12.9. The molecule has 0 aromatic heterocycles. The number of nitrogens with two attached hydrogens (primary N) is 2. The fraction of sp³-hybridized carbons (Fsp3) is 0.448. The first-order chi connectivity index (χ1) is 20.1. The lowest BCUT2D eigenvalue weighted by atomic mass is 9.97. The lowest BCUT2D eigenvalue weighted by Crippen LogP contribution is -2.43. The number of aldehydes is 1. The number of rotatable bonds is 17. The minimum absolute atomic E-state index is 0.0174. The summed E-state index contributed by atoms with van der Waals surface area (Å²) >= 11 is 0. The van der Waals surface area contributed by atoms with E-state index in [9.17, 15) is 24.5 Å². The van der Waals surface area contributed by atoms with Gasteiger partial charge in [-0.1, -0.05) is 75.7 Å².